The number of fused-ring (bicyclic) bond motifs is 1. The molecule has 3 nitrogen and oxygen atoms in total. The molecule has 1 fully saturated rings. The molecule has 1 aliphatic carbocycles. The molecule has 0 radical (unpaired) electrons. The number of hydrogen-bond donors (Lipinski definition) is 2. The van der Waals surface area contributed by atoms with E-state index in [1.807, 2.05) is 19.1 Å². The number of aliphatic hydroxyl groups is 1. The predicted octanol–water partition coefficient (Wildman–Crippen LogP) is 4.12. The first-order valence-electron chi connectivity index (χ1n) is 7.35. The lowest BCUT2D eigenvalue weighted by Crippen LogP contribution is -2.42. The fourth-order valence-corrected chi connectivity index (χ4v) is 3.73. The molecule has 2 aromatic rings. The molecule has 0 aliphatic heterocycles. The van der Waals surface area contributed by atoms with E-state index in [2.05, 4.69) is 10.2 Å². The summed E-state index contributed by atoms with van der Waals surface area (Å²) >= 11 is 0. The van der Waals surface area contributed by atoms with Gasteiger partial charge in [-0.15, -0.1) is 0 Å². The van der Waals surface area contributed by atoms with Gasteiger partial charge in [0.15, 0.2) is 0 Å². The first-order chi connectivity index (χ1) is 9.87. The van der Waals surface area contributed by atoms with Crippen LogP contribution < -0.4 is 0 Å². The van der Waals surface area contributed by atoms with Crippen LogP contribution in [0.15, 0.2) is 18.3 Å². The van der Waals surface area contributed by atoms with Gasteiger partial charge in [0.05, 0.1) is 23.2 Å². The average Bonchev–Trinajstić information content (AvgIpc) is 3.06. The average molecular weight is 294 g/mol. The number of halogens is 2. The summed E-state index contributed by atoms with van der Waals surface area (Å²) in [6, 6.07) is 3.74. The highest BCUT2D eigenvalue weighted by Gasteiger charge is 2.56. The number of rotatable bonds is 3. The zero-order valence-electron chi connectivity index (χ0n) is 12.3. The lowest BCUT2D eigenvalue weighted by atomic mass is 9.71. The monoisotopic (exact) mass is 294 g/mol. The standard InChI is InChI=1S/C16H20F2N2O/c1-10-5-6-11-9-19-20-13(11)12(10)14(21)16(15(2,17)18)7-3-4-8-16/h5-6,9,14,21H,3-4,7-8H2,1-2H3,(H,19,20). The first-order valence-corrected chi connectivity index (χ1v) is 7.35. The minimum Gasteiger partial charge on any atom is -0.388 e. The third-order valence-electron chi connectivity index (χ3n) is 5.04. The highest BCUT2D eigenvalue weighted by atomic mass is 19.3. The molecule has 2 N–H and O–H groups in total. The fourth-order valence-electron chi connectivity index (χ4n) is 3.73. The minimum absolute atomic E-state index is 0.349. The summed E-state index contributed by atoms with van der Waals surface area (Å²) in [7, 11) is 0. The second kappa shape index (κ2) is 4.77. The largest absolute Gasteiger partial charge is 0.388 e. The molecule has 21 heavy (non-hydrogen) atoms. The van der Waals surface area contributed by atoms with Crippen molar-refractivity contribution in [3.05, 3.63) is 29.5 Å². The number of H-pyrrole nitrogens is 1. The van der Waals surface area contributed by atoms with Gasteiger partial charge in [0.2, 0.25) is 0 Å². The Bertz CT molecular complexity index is 654. The van der Waals surface area contributed by atoms with Gasteiger partial charge in [0.1, 0.15) is 0 Å². The molecule has 1 unspecified atom stereocenters. The van der Waals surface area contributed by atoms with E-state index in [-0.39, 0.29) is 0 Å². The van der Waals surface area contributed by atoms with Crippen molar-refractivity contribution in [3.8, 4) is 0 Å². The Kier molecular flexibility index (Phi) is 3.28. The molecule has 5 heteroatoms. The SMILES string of the molecule is Cc1ccc2cn[nH]c2c1C(O)C1(C(C)(F)F)CCCC1. The molecule has 1 heterocycles. The van der Waals surface area contributed by atoms with Gasteiger partial charge >= 0.3 is 0 Å². The molecule has 114 valence electrons. The van der Waals surface area contributed by atoms with Crippen LogP contribution in [0.4, 0.5) is 8.78 Å². The van der Waals surface area contributed by atoms with Crippen molar-refractivity contribution < 1.29 is 13.9 Å². The smallest absolute Gasteiger partial charge is 0.253 e. The van der Waals surface area contributed by atoms with Crippen LogP contribution in [0, 0.1) is 12.3 Å². The maximum absolute atomic E-state index is 14.3. The first kappa shape index (κ1) is 14.4. The number of aromatic nitrogens is 2. The van der Waals surface area contributed by atoms with E-state index in [0.717, 1.165) is 30.7 Å². The number of benzene rings is 1. The Labute approximate surface area is 122 Å². The molecule has 1 aliphatic rings. The summed E-state index contributed by atoms with van der Waals surface area (Å²) in [4.78, 5) is 0. The van der Waals surface area contributed by atoms with Crippen molar-refractivity contribution >= 4 is 10.9 Å². The summed E-state index contributed by atoms with van der Waals surface area (Å²) in [6.45, 7) is 2.78. The zero-order valence-corrected chi connectivity index (χ0v) is 12.3. The van der Waals surface area contributed by atoms with Crippen molar-refractivity contribution in [1.82, 2.24) is 10.2 Å². The van der Waals surface area contributed by atoms with Gasteiger partial charge in [-0.2, -0.15) is 5.10 Å². The Hall–Kier alpha value is -1.49. The lowest BCUT2D eigenvalue weighted by molar-refractivity contribution is -0.161. The number of nitrogens with one attached hydrogen (secondary N) is 1. The molecular weight excluding hydrogens is 274 g/mol. The van der Waals surface area contributed by atoms with E-state index in [1.54, 1.807) is 6.20 Å². The Morgan fingerprint density at radius 1 is 1.33 bits per heavy atom. The molecule has 1 atom stereocenters. The van der Waals surface area contributed by atoms with E-state index in [9.17, 15) is 13.9 Å². The lowest BCUT2D eigenvalue weighted by Gasteiger charge is -2.40. The second-order valence-electron chi connectivity index (χ2n) is 6.28. The molecule has 0 amide bonds. The van der Waals surface area contributed by atoms with Gasteiger partial charge in [0, 0.05) is 17.9 Å². The van der Waals surface area contributed by atoms with Crippen LogP contribution in [0.2, 0.25) is 0 Å². The van der Waals surface area contributed by atoms with Gasteiger partial charge in [-0.3, -0.25) is 5.10 Å². The van der Waals surface area contributed by atoms with Crippen LogP contribution in [-0.4, -0.2) is 21.2 Å². The molecule has 1 aromatic carbocycles. The molecule has 3 rings (SSSR count). The predicted molar refractivity (Wildman–Crippen MR) is 77.3 cm³/mol. The van der Waals surface area contributed by atoms with E-state index in [1.165, 1.54) is 0 Å². The van der Waals surface area contributed by atoms with Crippen LogP contribution in [0.3, 0.4) is 0 Å². The van der Waals surface area contributed by atoms with E-state index in [0.29, 0.717) is 23.9 Å². The van der Waals surface area contributed by atoms with Gasteiger partial charge in [0.25, 0.3) is 5.92 Å². The summed E-state index contributed by atoms with van der Waals surface area (Å²) in [5.41, 5.74) is 0.665. The Morgan fingerprint density at radius 2 is 2.00 bits per heavy atom. The summed E-state index contributed by atoms with van der Waals surface area (Å²) in [5, 5.41) is 18.5. The number of aryl methyl sites for hydroxylation is 1. The third-order valence-corrected chi connectivity index (χ3v) is 5.04. The number of alkyl halides is 2. The quantitative estimate of drug-likeness (QED) is 0.894. The van der Waals surface area contributed by atoms with Crippen molar-refractivity contribution in [1.29, 1.82) is 0 Å². The van der Waals surface area contributed by atoms with Gasteiger partial charge < -0.3 is 5.11 Å². The van der Waals surface area contributed by atoms with Crippen LogP contribution >= 0.6 is 0 Å². The highest BCUT2D eigenvalue weighted by molar-refractivity contribution is 5.83. The number of aliphatic hydroxyl groups excluding tert-OH is 1. The number of aromatic amines is 1. The molecule has 1 saturated carbocycles. The van der Waals surface area contributed by atoms with Gasteiger partial charge in [-0.05, 0) is 25.3 Å². The summed E-state index contributed by atoms with van der Waals surface area (Å²) < 4.78 is 28.6. The Balaban J connectivity index is 2.17. The second-order valence-corrected chi connectivity index (χ2v) is 6.28. The van der Waals surface area contributed by atoms with Crippen LogP contribution in [0.5, 0.6) is 0 Å². The van der Waals surface area contributed by atoms with E-state index in [4.69, 9.17) is 0 Å². The highest BCUT2D eigenvalue weighted by Crippen LogP contribution is 2.57. The van der Waals surface area contributed by atoms with Crippen LogP contribution in [0.25, 0.3) is 10.9 Å². The third kappa shape index (κ3) is 2.06. The maximum Gasteiger partial charge on any atom is 0.253 e. The number of hydrogen-bond acceptors (Lipinski definition) is 2. The van der Waals surface area contributed by atoms with Crippen LogP contribution in [-0.2, 0) is 0 Å². The number of nitrogens with zero attached hydrogens (tertiary/aromatic N) is 1. The van der Waals surface area contributed by atoms with Gasteiger partial charge in [-0.25, -0.2) is 8.78 Å². The van der Waals surface area contributed by atoms with E-state index >= 15 is 0 Å². The van der Waals surface area contributed by atoms with E-state index < -0.39 is 17.4 Å². The maximum atomic E-state index is 14.3. The van der Waals surface area contributed by atoms with Crippen molar-refractivity contribution in [3.63, 3.8) is 0 Å². The molecule has 0 bridgehead atoms. The Morgan fingerprint density at radius 3 is 2.62 bits per heavy atom. The van der Waals surface area contributed by atoms with Gasteiger partial charge in [-0.1, -0.05) is 25.0 Å². The van der Waals surface area contributed by atoms with Crippen molar-refractivity contribution in [2.24, 2.45) is 5.41 Å². The topological polar surface area (TPSA) is 48.9 Å². The molecular formula is C16H20F2N2O. The zero-order chi connectivity index (χ0) is 15.3. The molecule has 0 saturated heterocycles. The molecule has 0 spiro atoms. The molecule has 1 aromatic heterocycles. The van der Waals surface area contributed by atoms with Crippen LogP contribution in [0.1, 0.15) is 49.8 Å². The summed E-state index contributed by atoms with van der Waals surface area (Å²) in [5.74, 6) is -2.92. The van der Waals surface area contributed by atoms with Crippen molar-refractivity contribution in [2.45, 2.75) is 51.6 Å². The van der Waals surface area contributed by atoms with Crippen molar-refractivity contribution in [2.75, 3.05) is 0 Å². The normalized spacial score (nSPS) is 20.0. The fraction of sp³-hybridized carbons (Fsp3) is 0.562. The summed E-state index contributed by atoms with van der Waals surface area (Å²) in [6.07, 6.45) is 2.63. The minimum atomic E-state index is -2.92.